The number of hydrogen-bond acceptors (Lipinski definition) is 5. The van der Waals surface area contributed by atoms with Crippen molar-refractivity contribution in [3.63, 3.8) is 0 Å². The van der Waals surface area contributed by atoms with Crippen LogP contribution in [0.25, 0.3) is 0 Å². The van der Waals surface area contributed by atoms with Gasteiger partial charge in [0.25, 0.3) is 5.91 Å². The first-order valence-electron chi connectivity index (χ1n) is 10.1. The summed E-state index contributed by atoms with van der Waals surface area (Å²) in [6.45, 7) is 5.90. The molecule has 2 aromatic rings. The van der Waals surface area contributed by atoms with Gasteiger partial charge < -0.3 is 19.7 Å². The van der Waals surface area contributed by atoms with Crippen molar-refractivity contribution in [1.82, 2.24) is 10.3 Å². The van der Waals surface area contributed by atoms with Crippen LogP contribution in [0, 0.1) is 6.92 Å². The molecule has 3 aliphatic heterocycles. The molecule has 6 nitrogen and oxygen atoms in total. The van der Waals surface area contributed by atoms with Gasteiger partial charge in [-0.2, -0.15) is 0 Å². The van der Waals surface area contributed by atoms with Crippen molar-refractivity contribution < 1.29 is 14.3 Å². The Bertz CT molecular complexity index is 919. The number of nitrogens with zero attached hydrogens (tertiary/aromatic N) is 2. The molecule has 5 rings (SSSR count). The zero-order valence-electron chi connectivity index (χ0n) is 16.2. The Balaban J connectivity index is 1.24. The fraction of sp³-hybridized carbons (Fsp3) is 0.455. The largest absolute Gasteiger partial charge is 0.490 e. The predicted molar refractivity (Wildman–Crippen MR) is 106 cm³/mol. The van der Waals surface area contributed by atoms with E-state index >= 15 is 0 Å². The van der Waals surface area contributed by atoms with Crippen LogP contribution in [-0.4, -0.2) is 36.7 Å². The van der Waals surface area contributed by atoms with Crippen molar-refractivity contribution >= 4 is 11.7 Å². The van der Waals surface area contributed by atoms with Gasteiger partial charge in [-0.25, -0.2) is 4.98 Å². The van der Waals surface area contributed by atoms with E-state index in [4.69, 9.17) is 14.5 Å². The lowest BCUT2D eigenvalue weighted by Gasteiger charge is -2.34. The highest BCUT2D eigenvalue weighted by Crippen LogP contribution is 2.28. The molecule has 1 N–H and O–H groups in total. The summed E-state index contributed by atoms with van der Waals surface area (Å²) in [5.41, 5.74) is 5.27. The normalized spacial score (nSPS) is 19.2. The molecule has 0 unspecified atom stereocenters. The van der Waals surface area contributed by atoms with Crippen LogP contribution in [0.2, 0.25) is 0 Å². The fourth-order valence-corrected chi connectivity index (χ4v) is 4.34. The van der Waals surface area contributed by atoms with Gasteiger partial charge in [-0.05, 0) is 48.2 Å². The lowest BCUT2D eigenvalue weighted by atomic mass is 10.0. The van der Waals surface area contributed by atoms with E-state index in [0.717, 1.165) is 67.3 Å². The standard InChI is InChI=1S/C22H25N3O3/c1-14-10-19-20(12-23-22(19)26)24-21(14)25-7-4-17(5-8-25)28-18-3-2-16-13-27-9-6-15(16)11-18/h2-3,10-11,17H,4-9,12-13H2,1H3,(H,23,26). The van der Waals surface area contributed by atoms with Gasteiger partial charge >= 0.3 is 0 Å². The summed E-state index contributed by atoms with van der Waals surface area (Å²) in [5, 5.41) is 2.85. The maximum absolute atomic E-state index is 11.8. The average molecular weight is 379 g/mol. The number of rotatable bonds is 3. The van der Waals surface area contributed by atoms with Crippen LogP contribution in [0.5, 0.6) is 5.75 Å². The van der Waals surface area contributed by atoms with Gasteiger partial charge in [0, 0.05) is 25.9 Å². The Morgan fingerprint density at radius 1 is 1.21 bits per heavy atom. The Kier molecular flexibility index (Phi) is 4.43. The molecule has 1 aromatic carbocycles. The van der Waals surface area contributed by atoms with Crippen molar-refractivity contribution in [2.24, 2.45) is 0 Å². The number of carbonyl (C=O) groups is 1. The van der Waals surface area contributed by atoms with Crippen LogP contribution >= 0.6 is 0 Å². The molecule has 0 radical (unpaired) electrons. The van der Waals surface area contributed by atoms with Crippen LogP contribution in [0.1, 0.15) is 45.6 Å². The summed E-state index contributed by atoms with van der Waals surface area (Å²) >= 11 is 0. The number of fused-ring (bicyclic) bond motifs is 2. The molecule has 4 heterocycles. The first kappa shape index (κ1) is 17.5. The van der Waals surface area contributed by atoms with E-state index in [1.807, 2.05) is 13.0 Å². The average Bonchev–Trinajstić information content (AvgIpc) is 3.08. The first-order chi connectivity index (χ1) is 13.7. The summed E-state index contributed by atoms with van der Waals surface area (Å²) in [5.74, 6) is 1.96. The van der Waals surface area contributed by atoms with Crippen molar-refractivity contribution in [1.29, 1.82) is 0 Å². The maximum atomic E-state index is 11.8. The van der Waals surface area contributed by atoms with Crippen LogP contribution < -0.4 is 15.0 Å². The van der Waals surface area contributed by atoms with Gasteiger partial charge in [0.15, 0.2) is 0 Å². The van der Waals surface area contributed by atoms with Gasteiger partial charge in [0.1, 0.15) is 17.7 Å². The van der Waals surface area contributed by atoms with E-state index in [1.54, 1.807) is 0 Å². The van der Waals surface area contributed by atoms with Gasteiger partial charge in [-0.15, -0.1) is 0 Å². The Morgan fingerprint density at radius 3 is 2.93 bits per heavy atom. The SMILES string of the molecule is Cc1cc2c(nc1N1CCC(Oc3ccc4c(c3)CCOC4)CC1)CNC2=O. The van der Waals surface area contributed by atoms with E-state index in [0.29, 0.717) is 13.2 Å². The molecule has 1 saturated heterocycles. The zero-order chi connectivity index (χ0) is 19.1. The van der Waals surface area contributed by atoms with Crippen LogP contribution in [-0.2, 0) is 24.3 Å². The molecular formula is C22H25N3O3. The zero-order valence-corrected chi connectivity index (χ0v) is 16.2. The summed E-state index contributed by atoms with van der Waals surface area (Å²) < 4.78 is 11.8. The molecule has 3 aliphatic rings. The lowest BCUT2D eigenvalue weighted by Crippen LogP contribution is -2.39. The van der Waals surface area contributed by atoms with E-state index in [2.05, 4.69) is 28.4 Å². The van der Waals surface area contributed by atoms with E-state index in [-0.39, 0.29) is 12.0 Å². The topological polar surface area (TPSA) is 63.7 Å². The second-order valence-corrected chi connectivity index (χ2v) is 7.84. The maximum Gasteiger partial charge on any atom is 0.253 e. The third-order valence-corrected chi connectivity index (χ3v) is 5.92. The summed E-state index contributed by atoms with van der Waals surface area (Å²) in [6, 6.07) is 8.35. The quantitative estimate of drug-likeness (QED) is 0.888. The smallest absolute Gasteiger partial charge is 0.253 e. The van der Waals surface area contributed by atoms with E-state index in [9.17, 15) is 4.79 Å². The predicted octanol–water partition coefficient (Wildman–Crippen LogP) is 2.75. The molecule has 146 valence electrons. The highest BCUT2D eigenvalue weighted by atomic mass is 16.5. The minimum atomic E-state index is -0.0131. The van der Waals surface area contributed by atoms with Crippen molar-refractivity contribution in [2.45, 2.75) is 45.4 Å². The third kappa shape index (κ3) is 3.22. The molecule has 0 atom stereocenters. The van der Waals surface area contributed by atoms with Crippen LogP contribution in [0.15, 0.2) is 24.3 Å². The Labute approximate surface area is 164 Å². The molecule has 1 aromatic heterocycles. The highest BCUT2D eigenvalue weighted by Gasteiger charge is 2.26. The lowest BCUT2D eigenvalue weighted by molar-refractivity contribution is 0.0965. The number of aryl methyl sites for hydroxylation is 1. The van der Waals surface area contributed by atoms with Gasteiger partial charge in [-0.3, -0.25) is 4.79 Å². The summed E-state index contributed by atoms with van der Waals surface area (Å²) in [7, 11) is 0. The highest BCUT2D eigenvalue weighted by molar-refractivity contribution is 5.98. The molecule has 0 bridgehead atoms. The molecule has 1 fully saturated rings. The van der Waals surface area contributed by atoms with Gasteiger partial charge in [0.05, 0.1) is 31.0 Å². The number of ether oxygens (including phenoxy) is 2. The fourth-order valence-electron chi connectivity index (χ4n) is 4.34. The second-order valence-electron chi connectivity index (χ2n) is 7.84. The summed E-state index contributed by atoms with van der Waals surface area (Å²) in [6.07, 6.45) is 3.13. The van der Waals surface area contributed by atoms with Crippen LogP contribution in [0.4, 0.5) is 5.82 Å². The number of anilines is 1. The Hall–Kier alpha value is -2.60. The van der Waals surface area contributed by atoms with Gasteiger partial charge in [-0.1, -0.05) is 6.07 Å². The number of amides is 1. The minimum absolute atomic E-state index is 0.0131. The van der Waals surface area contributed by atoms with Crippen LogP contribution in [0.3, 0.4) is 0 Å². The van der Waals surface area contributed by atoms with Crippen molar-refractivity contribution in [3.8, 4) is 5.75 Å². The van der Waals surface area contributed by atoms with E-state index < -0.39 is 0 Å². The number of benzene rings is 1. The number of carbonyl (C=O) groups excluding carboxylic acids is 1. The molecule has 1 amide bonds. The minimum Gasteiger partial charge on any atom is -0.490 e. The molecule has 28 heavy (non-hydrogen) atoms. The number of pyridine rings is 1. The second kappa shape index (κ2) is 7.09. The summed E-state index contributed by atoms with van der Waals surface area (Å²) in [4.78, 5) is 18.9. The molecule has 0 aliphatic carbocycles. The number of piperidine rings is 1. The van der Waals surface area contributed by atoms with Crippen molar-refractivity contribution in [3.05, 3.63) is 52.2 Å². The number of aromatic nitrogens is 1. The first-order valence-corrected chi connectivity index (χ1v) is 10.1. The van der Waals surface area contributed by atoms with E-state index in [1.165, 1.54) is 11.1 Å². The third-order valence-electron chi connectivity index (χ3n) is 5.92. The monoisotopic (exact) mass is 379 g/mol. The van der Waals surface area contributed by atoms with Gasteiger partial charge in [0.2, 0.25) is 0 Å². The Morgan fingerprint density at radius 2 is 2.07 bits per heavy atom. The molecular weight excluding hydrogens is 354 g/mol. The number of nitrogens with one attached hydrogen (secondary N) is 1. The molecule has 0 saturated carbocycles. The number of hydrogen-bond donors (Lipinski definition) is 1. The molecule has 6 heteroatoms. The van der Waals surface area contributed by atoms with Crippen molar-refractivity contribution in [2.75, 3.05) is 24.6 Å². The molecule has 0 spiro atoms.